The number of aromatic amines is 1. The fourth-order valence-electron chi connectivity index (χ4n) is 1.03. The Hall–Kier alpha value is -1.32. The molecule has 1 saturated carbocycles. The summed E-state index contributed by atoms with van der Waals surface area (Å²) in [4.78, 5) is 17.8. The van der Waals surface area contributed by atoms with Crippen molar-refractivity contribution >= 4 is 5.91 Å². The van der Waals surface area contributed by atoms with Crippen LogP contribution < -0.4 is 5.32 Å². The van der Waals surface area contributed by atoms with Gasteiger partial charge in [-0.3, -0.25) is 4.79 Å². The Labute approximate surface area is 70.4 Å². The molecule has 4 nitrogen and oxygen atoms in total. The molecule has 2 rings (SSSR count). The number of imidazole rings is 1. The molecule has 1 aromatic heterocycles. The highest BCUT2D eigenvalue weighted by Gasteiger charge is 2.22. The molecule has 0 aromatic carbocycles. The third-order valence-corrected chi connectivity index (χ3v) is 1.96. The number of aromatic nitrogens is 2. The van der Waals surface area contributed by atoms with Crippen LogP contribution in [-0.2, 0) is 0 Å². The van der Waals surface area contributed by atoms with Gasteiger partial charge in [-0.15, -0.1) is 0 Å². The molecule has 1 aliphatic rings. The van der Waals surface area contributed by atoms with E-state index in [0.29, 0.717) is 11.7 Å². The lowest BCUT2D eigenvalue weighted by Gasteiger charge is -1.99. The van der Waals surface area contributed by atoms with E-state index in [9.17, 15) is 4.79 Å². The van der Waals surface area contributed by atoms with E-state index in [1.165, 1.54) is 12.8 Å². The van der Waals surface area contributed by atoms with Gasteiger partial charge in [0.25, 0.3) is 5.91 Å². The molecule has 0 atom stereocenters. The minimum atomic E-state index is -0.105. The molecule has 4 heteroatoms. The first-order chi connectivity index (χ1) is 5.86. The van der Waals surface area contributed by atoms with Crippen molar-refractivity contribution in [3.8, 4) is 0 Å². The first-order valence-electron chi connectivity index (χ1n) is 4.14. The Bertz CT molecular complexity index is 264. The summed E-state index contributed by atoms with van der Waals surface area (Å²) < 4.78 is 0. The van der Waals surface area contributed by atoms with Crippen LogP contribution in [-0.4, -0.2) is 22.4 Å². The number of nitrogens with one attached hydrogen (secondary N) is 2. The summed E-state index contributed by atoms with van der Waals surface area (Å²) in [5, 5.41) is 2.81. The van der Waals surface area contributed by atoms with Gasteiger partial charge in [-0.05, 0) is 18.8 Å². The minimum Gasteiger partial charge on any atom is -0.349 e. The molecular formula is C8H11N3O. The van der Waals surface area contributed by atoms with E-state index in [-0.39, 0.29) is 5.91 Å². The van der Waals surface area contributed by atoms with Crippen LogP contribution in [0, 0.1) is 5.92 Å². The standard InChI is InChI=1S/C8H11N3O/c12-8(7-9-3-4-10-7)11-5-6-1-2-6/h3-4,6H,1-2,5H2,(H,9,10)(H,11,12). The van der Waals surface area contributed by atoms with Crippen LogP contribution >= 0.6 is 0 Å². The number of amides is 1. The highest BCUT2D eigenvalue weighted by Crippen LogP contribution is 2.27. The Balaban J connectivity index is 1.83. The van der Waals surface area contributed by atoms with Gasteiger partial charge in [-0.1, -0.05) is 0 Å². The van der Waals surface area contributed by atoms with Crippen LogP contribution in [0.25, 0.3) is 0 Å². The van der Waals surface area contributed by atoms with Crippen molar-refractivity contribution < 1.29 is 4.79 Å². The van der Waals surface area contributed by atoms with Crippen LogP contribution in [0.4, 0.5) is 0 Å². The maximum absolute atomic E-state index is 11.2. The average molecular weight is 165 g/mol. The maximum atomic E-state index is 11.2. The molecule has 0 unspecified atom stereocenters. The number of hydrogen-bond acceptors (Lipinski definition) is 2. The smallest absolute Gasteiger partial charge is 0.287 e. The van der Waals surface area contributed by atoms with Gasteiger partial charge in [0, 0.05) is 18.9 Å². The molecule has 12 heavy (non-hydrogen) atoms. The van der Waals surface area contributed by atoms with E-state index in [2.05, 4.69) is 15.3 Å². The second-order valence-electron chi connectivity index (χ2n) is 3.09. The monoisotopic (exact) mass is 165 g/mol. The number of hydrogen-bond donors (Lipinski definition) is 2. The van der Waals surface area contributed by atoms with E-state index in [4.69, 9.17) is 0 Å². The zero-order valence-electron chi connectivity index (χ0n) is 6.71. The first kappa shape index (κ1) is 7.34. The Kier molecular flexibility index (Phi) is 1.81. The lowest BCUT2D eigenvalue weighted by atomic mass is 10.4. The zero-order chi connectivity index (χ0) is 8.39. The Morgan fingerprint density at radius 1 is 1.75 bits per heavy atom. The molecule has 1 aliphatic carbocycles. The molecule has 1 fully saturated rings. The van der Waals surface area contributed by atoms with Gasteiger partial charge in [0.05, 0.1) is 0 Å². The fourth-order valence-corrected chi connectivity index (χ4v) is 1.03. The van der Waals surface area contributed by atoms with E-state index in [0.717, 1.165) is 6.54 Å². The predicted octanol–water partition coefficient (Wildman–Crippen LogP) is 0.549. The van der Waals surface area contributed by atoms with Gasteiger partial charge >= 0.3 is 0 Å². The number of H-pyrrole nitrogens is 1. The Morgan fingerprint density at radius 2 is 2.58 bits per heavy atom. The maximum Gasteiger partial charge on any atom is 0.287 e. The fraction of sp³-hybridized carbons (Fsp3) is 0.500. The molecule has 0 bridgehead atoms. The summed E-state index contributed by atoms with van der Waals surface area (Å²) in [5.41, 5.74) is 0. The second kappa shape index (κ2) is 2.97. The highest BCUT2D eigenvalue weighted by molar-refractivity contribution is 5.90. The van der Waals surface area contributed by atoms with Crippen molar-refractivity contribution in [1.82, 2.24) is 15.3 Å². The quantitative estimate of drug-likeness (QED) is 0.687. The summed E-state index contributed by atoms with van der Waals surface area (Å²) in [6, 6.07) is 0. The number of carbonyl (C=O) groups excluding carboxylic acids is 1. The summed E-state index contributed by atoms with van der Waals surface area (Å²) >= 11 is 0. The van der Waals surface area contributed by atoms with E-state index in [1.807, 2.05) is 0 Å². The summed E-state index contributed by atoms with van der Waals surface area (Å²) in [6.45, 7) is 0.791. The zero-order valence-corrected chi connectivity index (χ0v) is 6.71. The molecule has 1 aromatic rings. The molecule has 0 aliphatic heterocycles. The summed E-state index contributed by atoms with van der Waals surface area (Å²) in [6.07, 6.45) is 5.72. The minimum absolute atomic E-state index is 0.105. The van der Waals surface area contributed by atoms with Crippen molar-refractivity contribution in [2.75, 3.05) is 6.54 Å². The summed E-state index contributed by atoms with van der Waals surface area (Å²) in [5.74, 6) is 1.01. The van der Waals surface area contributed by atoms with Crippen molar-refractivity contribution in [2.45, 2.75) is 12.8 Å². The first-order valence-corrected chi connectivity index (χ1v) is 4.14. The van der Waals surface area contributed by atoms with Crippen LogP contribution in [0.2, 0.25) is 0 Å². The van der Waals surface area contributed by atoms with Crippen molar-refractivity contribution in [1.29, 1.82) is 0 Å². The van der Waals surface area contributed by atoms with E-state index in [1.54, 1.807) is 12.4 Å². The van der Waals surface area contributed by atoms with Crippen molar-refractivity contribution in [3.05, 3.63) is 18.2 Å². The molecular weight excluding hydrogens is 154 g/mol. The van der Waals surface area contributed by atoms with Crippen molar-refractivity contribution in [3.63, 3.8) is 0 Å². The van der Waals surface area contributed by atoms with E-state index < -0.39 is 0 Å². The second-order valence-corrected chi connectivity index (χ2v) is 3.09. The van der Waals surface area contributed by atoms with Gasteiger partial charge in [-0.2, -0.15) is 0 Å². The van der Waals surface area contributed by atoms with Crippen LogP contribution in [0.15, 0.2) is 12.4 Å². The van der Waals surface area contributed by atoms with Crippen LogP contribution in [0.5, 0.6) is 0 Å². The van der Waals surface area contributed by atoms with Gasteiger partial charge in [0.15, 0.2) is 5.82 Å². The lowest BCUT2D eigenvalue weighted by Crippen LogP contribution is -2.26. The molecule has 64 valence electrons. The van der Waals surface area contributed by atoms with E-state index >= 15 is 0 Å². The molecule has 0 spiro atoms. The molecule has 1 amide bonds. The largest absolute Gasteiger partial charge is 0.349 e. The number of rotatable bonds is 3. The normalized spacial score (nSPS) is 16.0. The van der Waals surface area contributed by atoms with Gasteiger partial charge in [0.1, 0.15) is 0 Å². The average Bonchev–Trinajstić information content (AvgIpc) is 2.74. The summed E-state index contributed by atoms with van der Waals surface area (Å²) in [7, 11) is 0. The van der Waals surface area contributed by atoms with Crippen molar-refractivity contribution in [2.24, 2.45) is 5.92 Å². The highest BCUT2D eigenvalue weighted by atomic mass is 16.2. The molecule has 0 saturated heterocycles. The lowest BCUT2D eigenvalue weighted by molar-refractivity contribution is 0.0942. The van der Waals surface area contributed by atoms with Gasteiger partial charge in [0.2, 0.25) is 0 Å². The number of nitrogens with zero attached hydrogens (tertiary/aromatic N) is 1. The van der Waals surface area contributed by atoms with Gasteiger partial charge in [-0.25, -0.2) is 4.98 Å². The molecule has 1 heterocycles. The predicted molar refractivity (Wildman–Crippen MR) is 43.6 cm³/mol. The van der Waals surface area contributed by atoms with Crippen LogP contribution in [0.1, 0.15) is 23.5 Å². The molecule has 0 radical (unpaired) electrons. The Morgan fingerprint density at radius 3 is 3.17 bits per heavy atom. The third kappa shape index (κ3) is 1.64. The number of carbonyl (C=O) groups is 1. The SMILES string of the molecule is O=C(NCC1CC1)c1ncc[nH]1. The topological polar surface area (TPSA) is 57.8 Å². The molecule has 2 N–H and O–H groups in total. The third-order valence-electron chi connectivity index (χ3n) is 1.96. The van der Waals surface area contributed by atoms with Crippen LogP contribution in [0.3, 0.4) is 0 Å². The van der Waals surface area contributed by atoms with Gasteiger partial charge < -0.3 is 10.3 Å².